The van der Waals surface area contributed by atoms with Crippen molar-refractivity contribution < 1.29 is 0 Å². The molecular formula is C12H22N2. The molecule has 0 aromatic heterocycles. The lowest BCUT2D eigenvalue weighted by Crippen LogP contribution is -2.30. The molecular weight excluding hydrogens is 172 g/mol. The highest BCUT2D eigenvalue weighted by Crippen LogP contribution is 2.42. The van der Waals surface area contributed by atoms with Crippen molar-refractivity contribution in [2.24, 2.45) is 28.7 Å². The van der Waals surface area contributed by atoms with Crippen molar-refractivity contribution in [3.63, 3.8) is 0 Å². The highest BCUT2D eigenvalue weighted by atomic mass is 15.1. The number of hydrazone groups is 1. The van der Waals surface area contributed by atoms with E-state index in [1.54, 1.807) is 0 Å². The topological polar surface area (TPSA) is 38.4 Å². The van der Waals surface area contributed by atoms with E-state index in [1.807, 2.05) is 0 Å². The molecule has 0 bridgehead atoms. The molecule has 2 aliphatic rings. The Balaban J connectivity index is 1.95. The third kappa shape index (κ3) is 1.94. The van der Waals surface area contributed by atoms with Gasteiger partial charge >= 0.3 is 0 Å². The van der Waals surface area contributed by atoms with E-state index in [0.717, 1.165) is 11.8 Å². The Bertz CT molecular complexity index is 222. The summed E-state index contributed by atoms with van der Waals surface area (Å²) in [7, 11) is 0. The number of hydrogen-bond donors (Lipinski definition) is 1. The first-order valence-electron chi connectivity index (χ1n) is 6.05. The minimum absolute atomic E-state index is 0.694. The second-order valence-electron chi connectivity index (χ2n) is 5.09. The van der Waals surface area contributed by atoms with Crippen LogP contribution in [0, 0.1) is 17.8 Å². The van der Waals surface area contributed by atoms with Gasteiger partial charge in [-0.25, -0.2) is 0 Å². The minimum Gasteiger partial charge on any atom is -0.323 e. The first-order chi connectivity index (χ1) is 6.81. The second kappa shape index (κ2) is 4.33. The maximum absolute atomic E-state index is 5.36. The molecule has 0 amide bonds. The first kappa shape index (κ1) is 10.0. The number of rotatable bonds is 1. The van der Waals surface area contributed by atoms with Gasteiger partial charge in [0, 0.05) is 5.71 Å². The van der Waals surface area contributed by atoms with Gasteiger partial charge in [0.15, 0.2) is 0 Å². The highest BCUT2D eigenvalue weighted by Gasteiger charge is 2.32. The summed E-state index contributed by atoms with van der Waals surface area (Å²) in [6.45, 7) is 2.09. The summed E-state index contributed by atoms with van der Waals surface area (Å²) >= 11 is 0. The van der Waals surface area contributed by atoms with E-state index >= 15 is 0 Å². The van der Waals surface area contributed by atoms with Gasteiger partial charge in [-0.2, -0.15) is 5.10 Å². The zero-order valence-electron chi connectivity index (χ0n) is 9.21. The monoisotopic (exact) mass is 194 g/mol. The molecule has 2 saturated carbocycles. The smallest absolute Gasteiger partial charge is 0.0376 e. The molecule has 0 saturated heterocycles. The van der Waals surface area contributed by atoms with Crippen LogP contribution in [0.3, 0.4) is 0 Å². The van der Waals surface area contributed by atoms with Crippen molar-refractivity contribution in [1.29, 1.82) is 0 Å². The minimum atomic E-state index is 0.694. The van der Waals surface area contributed by atoms with Crippen LogP contribution in [0.4, 0.5) is 0 Å². The molecule has 2 aliphatic carbocycles. The van der Waals surface area contributed by atoms with E-state index in [9.17, 15) is 0 Å². The molecule has 2 heteroatoms. The molecule has 2 fully saturated rings. The molecule has 3 atom stereocenters. The van der Waals surface area contributed by atoms with Crippen molar-refractivity contribution in [3.8, 4) is 0 Å². The molecule has 2 nitrogen and oxygen atoms in total. The fraction of sp³-hybridized carbons (Fsp3) is 0.917. The van der Waals surface area contributed by atoms with Crippen LogP contribution < -0.4 is 5.84 Å². The number of hydrogen-bond acceptors (Lipinski definition) is 2. The Morgan fingerprint density at radius 3 is 2.50 bits per heavy atom. The summed E-state index contributed by atoms with van der Waals surface area (Å²) in [4.78, 5) is 0. The van der Waals surface area contributed by atoms with Gasteiger partial charge < -0.3 is 5.84 Å². The van der Waals surface area contributed by atoms with Crippen molar-refractivity contribution >= 4 is 5.71 Å². The van der Waals surface area contributed by atoms with Crippen molar-refractivity contribution in [2.75, 3.05) is 0 Å². The van der Waals surface area contributed by atoms with Gasteiger partial charge in [-0.1, -0.05) is 25.7 Å². The van der Waals surface area contributed by atoms with Crippen molar-refractivity contribution in [2.45, 2.75) is 51.9 Å². The van der Waals surface area contributed by atoms with Gasteiger partial charge in [0.05, 0.1) is 0 Å². The van der Waals surface area contributed by atoms with Gasteiger partial charge in [0.1, 0.15) is 0 Å². The molecule has 0 aromatic carbocycles. The summed E-state index contributed by atoms with van der Waals surface area (Å²) in [5.41, 5.74) is 1.18. The summed E-state index contributed by atoms with van der Waals surface area (Å²) in [5.74, 6) is 8.07. The zero-order valence-corrected chi connectivity index (χ0v) is 9.21. The fourth-order valence-corrected chi connectivity index (χ4v) is 3.36. The Morgan fingerprint density at radius 2 is 1.79 bits per heavy atom. The van der Waals surface area contributed by atoms with Crippen molar-refractivity contribution in [3.05, 3.63) is 0 Å². The van der Waals surface area contributed by atoms with E-state index in [-0.39, 0.29) is 0 Å². The first-order valence-corrected chi connectivity index (χ1v) is 6.05. The summed E-state index contributed by atoms with van der Waals surface area (Å²) in [6.07, 6.45) is 9.96. The van der Waals surface area contributed by atoms with Crippen LogP contribution in [0.25, 0.3) is 0 Å². The highest BCUT2D eigenvalue weighted by molar-refractivity contribution is 5.84. The molecule has 0 aliphatic heterocycles. The Labute approximate surface area is 86.9 Å². The van der Waals surface area contributed by atoms with Crippen LogP contribution in [0.2, 0.25) is 0 Å². The molecule has 80 valence electrons. The molecule has 2 rings (SSSR count). The third-order valence-corrected chi connectivity index (χ3v) is 4.33. The second-order valence-corrected chi connectivity index (χ2v) is 5.09. The Kier molecular flexibility index (Phi) is 3.09. The number of nitrogens with two attached hydrogens (primary N) is 1. The van der Waals surface area contributed by atoms with Crippen LogP contribution in [0.15, 0.2) is 5.10 Å². The van der Waals surface area contributed by atoms with E-state index in [2.05, 4.69) is 12.0 Å². The van der Waals surface area contributed by atoms with E-state index in [0.29, 0.717) is 5.92 Å². The van der Waals surface area contributed by atoms with Gasteiger partial charge in [-0.15, -0.1) is 0 Å². The number of nitrogens with zero attached hydrogens (tertiary/aromatic N) is 1. The van der Waals surface area contributed by atoms with Crippen LogP contribution in [0.5, 0.6) is 0 Å². The molecule has 0 spiro atoms. The lowest BCUT2D eigenvalue weighted by molar-refractivity contribution is 0.152. The summed E-state index contributed by atoms with van der Waals surface area (Å²) < 4.78 is 0. The predicted molar refractivity (Wildman–Crippen MR) is 60.1 cm³/mol. The maximum Gasteiger partial charge on any atom is 0.0376 e. The van der Waals surface area contributed by atoms with E-state index < -0.39 is 0 Å². The molecule has 3 unspecified atom stereocenters. The average Bonchev–Trinajstić information content (AvgIpc) is 2.27. The SMILES string of the molecule is C/C(=N/N)C1CCC2CCCCC2C1. The van der Waals surface area contributed by atoms with Crippen LogP contribution >= 0.6 is 0 Å². The van der Waals surface area contributed by atoms with Crippen LogP contribution in [0.1, 0.15) is 51.9 Å². The Hall–Kier alpha value is -0.530. The molecule has 0 radical (unpaired) electrons. The predicted octanol–water partition coefficient (Wildman–Crippen LogP) is 2.93. The average molecular weight is 194 g/mol. The largest absolute Gasteiger partial charge is 0.323 e. The lowest BCUT2D eigenvalue weighted by atomic mass is 9.67. The lowest BCUT2D eigenvalue weighted by Gasteiger charge is -2.39. The summed E-state index contributed by atoms with van der Waals surface area (Å²) in [6, 6.07) is 0. The molecule has 14 heavy (non-hydrogen) atoms. The molecule has 2 N–H and O–H groups in total. The quantitative estimate of drug-likeness (QED) is 0.389. The van der Waals surface area contributed by atoms with Crippen LogP contribution in [-0.2, 0) is 0 Å². The normalized spacial score (nSPS) is 39.2. The molecule has 0 aromatic rings. The summed E-state index contributed by atoms with van der Waals surface area (Å²) in [5, 5.41) is 3.87. The molecule has 0 heterocycles. The van der Waals surface area contributed by atoms with Gasteiger partial charge in [0.25, 0.3) is 0 Å². The maximum atomic E-state index is 5.36. The van der Waals surface area contributed by atoms with E-state index in [1.165, 1.54) is 50.7 Å². The number of fused-ring (bicyclic) bond motifs is 1. The fourth-order valence-electron chi connectivity index (χ4n) is 3.36. The van der Waals surface area contributed by atoms with E-state index in [4.69, 9.17) is 5.84 Å². The van der Waals surface area contributed by atoms with Gasteiger partial charge in [0.2, 0.25) is 0 Å². The third-order valence-electron chi connectivity index (χ3n) is 4.33. The van der Waals surface area contributed by atoms with Gasteiger partial charge in [-0.3, -0.25) is 0 Å². The Morgan fingerprint density at radius 1 is 1.07 bits per heavy atom. The standard InChI is InChI=1S/C12H22N2/c1-9(14-13)11-7-6-10-4-2-3-5-12(10)8-11/h10-12H,2-8,13H2,1H3/b14-9-. The van der Waals surface area contributed by atoms with Crippen LogP contribution in [-0.4, -0.2) is 5.71 Å². The van der Waals surface area contributed by atoms with Gasteiger partial charge in [-0.05, 0) is 43.9 Å². The van der Waals surface area contributed by atoms with Crippen molar-refractivity contribution in [1.82, 2.24) is 0 Å². The zero-order chi connectivity index (χ0) is 9.97.